The molecule has 1 fully saturated rings. The van der Waals surface area contributed by atoms with Gasteiger partial charge in [-0.05, 0) is 37.9 Å². The molecule has 100 valence electrons. The van der Waals surface area contributed by atoms with Gasteiger partial charge in [0.05, 0.1) is 6.61 Å². The molecule has 0 aliphatic carbocycles. The third kappa shape index (κ3) is 4.18. The van der Waals surface area contributed by atoms with E-state index in [-0.39, 0.29) is 0 Å². The van der Waals surface area contributed by atoms with Gasteiger partial charge in [-0.15, -0.1) is 11.6 Å². The maximum atomic E-state index is 6.01. The summed E-state index contributed by atoms with van der Waals surface area (Å²) < 4.78 is 5.71. The van der Waals surface area contributed by atoms with E-state index in [1.54, 1.807) is 0 Å². The van der Waals surface area contributed by atoms with Crippen LogP contribution >= 0.6 is 11.6 Å². The molecular weight excluding hydrogens is 246 g/mol. The molecule has 0 amide bonds. The van der Waals surface area contributed by atoms with Crippen LogP contribution in [0, 0.1) is 0 Å². The average Bonchev–Trinajstić information content (AvgIpc) is 2.45. The number of rotatable bonds is 6. The molecule has 1 aromatic carbocycles. The maximum Gasteiger partial charge on any atom is 0.119 e. The van der Waals surface area contributed by atoms with Crippen molar-refractivity contribution in [1.29, 1.82) is 0 Å². The second kappa shape index (κ2) is 7.65. The number of benzene rings is 1. The lowest BCUT2D eigenvalue weighted by Crippen LogP contribution is -2.41. The summed E-state index contributed by atoms with van der Waals surface area (Å²) in [5.41, 5.74) is 0. The first-order chi connectivity index (χ1) is 8.90. The zero-order chi connectivity index (χ0) is 12.6. The molecule has 1 aliphatic rings. The number of para-hydroxylation sites is 1. The van der Waals surface area contributed by atoms with Crippen LogP contribution in [-0.4, -0.2) is 36.5 Å². The van der Waals surface area contributed by atoms with Crippen LogP contribution in [-0.2, 0) is 0 Å². The van der Waals surface area contributed by atoms with Gasteiger partial charge in [0.1, 0.15) is 5.75 Å². The fourth-order valence-electron chi connectivity index (χ4n) is 2.50. The Morgan fingerprint density at radius 3 is 2.83 bits per heavy atom. The minimum atomic E-state index is 0.581. The Kier molecular flexibility index (Phi) is 5.82. The van der Waals surface area contributed by atoms with E-state index in [1.165, 1.54) is 25.8 Å². The second-order valence-corrected chi connectivity index (χ2v) is 5.16. The lowest BCUT2D eigenvalue weighted by Gasteiger charge is -2.34. The Hall–Kier alpha value is -0.730. The summed E-state index contributed by atoms with van der Waals surface area (Å²) in [6.07, 6.45) is 4.96. The van der Waals surface area contributed by atoms with Gasteiger partial charge in [-0.3, -0.25) is 4.90 Å². The van der Waals surface area contributed by atoms with Crippen LogP contribution < -0.4 is 4.74 Å². The molecule has 2 rings (SSSR count). The Balaban J connectivity index is 1.65. The van der Waals surface area contributed by atoms with Crippen LogP contribution in [0.4, 0.5) is 0 Å². The van der Waals surface area contributed by atoms with E-state index in [2.05, 4.69) is 4.90 Å². The summed E-state index contributed by atoms with van der Waals surface area (Å²) in [5.74, 6) is 1.73. The van der Waals surface area contributed by atoms with Crippen molar-refractivity contribution < 1.29 is 4.74 Å². The summed E-state index contributed by atoms with van der Waals surface area (Å²) in [6, 6.07) is 10.6. The average molecular weight is 268 g/mol. The van der Waals surface area contributed by atoms with Crippen molar-refractivity contribution in [3.63, 3.8) is 0 Å². The van der Waals surface area contributed by atoms with Gasteiger partial charge in [0, 0.05) is 18.5 Å². The molecule has 0 N–H and O–H groups in total. The number of likely N-dealkylation sites (tertiary alicyclic amines) is 1. The van der Waals surface area contributed by atoms with Crippen molar-refractivity contribution >= 4 is 11.6 Å². The fraction of sp³-hybridized carbons (Fsp3) is 0.600. The number of ether oxygens (including phenoxy) is 1. The Morgan fingerprint density at radius 2 is 2.06 bits per heavy atom. The van der Waals surface area contributed by atoms with Crippen molar-refractivity contribution in [1.82, 2.24) is 4.90 Å². The summed E-state index contributed by atoms with van der Waals surface area (Å²) >= 11 is 6.01. The van der Waals surface area contributed by atoms with Crippen molar-refractivity contribution in [2.45, 2.75) is 31.7 Å². The van der Waals surface area contributed by atoms with Gasteiger partial charge in [0.25, 0.3) is 0 Å². The number of hydrogen-bond acceptors (Lipinski definition) is 2. The minimum Gasteiger partial charge on any atom is -0.494 e. The molecule has 1 atom stereocenters. The highest BCUT2D eigenvalue weighted by molar-refractivity contribution is 6.18. The molecule has 0 radical (unpaired) electrons. The molecule has 0 spiro atoms. The first-order valence-electron chi connectivity index (χ1n) is 6.88. The van der Waals surface area contributed by atoms with E-state index in [0.717, 1.165) is 31.2 Å². The smallest absolute Gasteiger partial charge is 0.119 e. The predicted octanol–water partition coefficient (Wildman–Crippen LogP) is 3.55. The van der Waals surface area contributed by atoms with E-state index >= 15 is 0 Å². The first kappa shape index (κ1) is 13.7. The standard InChI is InChI=1S/C15H22ClNO/c16-13-14-7-4-5-10-17(14)11-6-12-18-15-8-2-1-3-9-15/h1-3,8-9,14H,4-7,10-13H2. The van der Waals surface area contributed by atoms with Crippen LogP contribution in [0.5, 0.6) is 5.75 Å². The summed E-state index contributed by atoms with van der Waals surface area (Å²) in [5, 5.41) is 0. The molecule has 1 aromatic rings. The van der Waals surface area contributed by atoms with Gasteiger partial charge in [0.15, 0.2) is 0 Å². The number of alkyl halides is 1. The Morgan fingerprint density at radius 1 is 1.22 bits per heavy atom. The molecule has 1 heterocycles. The molecule has 2 nitrogen and oxygen atoms in total. The molecular formula is C15H22ClNO. The van der Waals surface area contributed by atoms with Gasteiger partial charge in [-0.1, -0.05) is 24.6 Å². The minimum absolute atomic E-state index is 0.581. The Labute approximate surface area is 115 Å². The molecule has 0 saturated carbocycles. The largest absolute Gasteiger partial charge is 0.494 e. The highest BCUT2D eigenvalue weighted by atomic mass is 35.5. The van der Waals surface area contributed by atoms with Crippen molar-refractivity contribution in [2.24, 2.45) is 0 Å². The zero-order valence-corrected chi connectivity index (χ0v) is 11.6. The second-order valence-electron chi connectivity index (χ2n) is 4.85. The number of piperidine rings is 1. The zero-order valence-electron chi connectivity index (χ0n) is 10.9. The van der Waals surface area contributed by atoms with Crippen molar-refractivity contribution in [2.75, 3.05) is 25.6 Å². The van der Waals surface area contributed by atoms with E-state index in [4.69, 9.17) is 16.3 Å². The van der Waals surface area contributed by atoms with Crippen LogP contribution in [0.15, 0.2) is 30.3 Å². The summed E-state index contributed by atoms with van der Waals surface area (Å²) in [7, 11) is 0. The fourth-order valence-corrected chi connectivity index (χ4v) is 2.85. The lowest BCUT2D eigenvalue weighted by atomic mass is 10.0. The summed E-state index contributed by atoms with van der Waals surface area (Å²) in [4.78, 5) is 2.52. The number of hydrogen-bond donors (Lipinski definition) is 0. The number of halogens is 1. The van der Waals surface area contributed by atoms with E-state index in [1.807, 2.05) is 30.3 Å². The highest BCUT2D eigenvalue weighted by Gasteiger charge is 2.20. The molecule has 1 aliphatic heterocycles. The van der Waals surface area contributed by atoms with Gasteiger partial charge in [0.2, 0.25) is 0 Å². The first-order valence-corrected chi connectivity index (χ1v) is 7.41. The van der Waals surface area contributed by atoms with Crippen LogP contribution in [0.25, 0.3) is 0 Å². The number of nitrogens with zero attached hydrogens (tertiary/aromatic N) is 1. The highest BCUT2D eigenvalue weighted by Crippen LogP contribution is 2.18. The molecule has 1 saturated heterocycles. The molecule has 0 aromatic heterocycles. The molecule has 18 heavy (non-hydrogen) atoms. The maximum absolute atomic E-state index is 6.01. The van der Waals surface area contributed by atoms with E-state index in [9.17, 15) is 0 Å². The van der Waals surface area contributed by atoms with Gasteiger partial charge >= 0.3 is 0 Å². The predicted molar refractivity (Wildman–Crippen MR) is 76.5 cm³/mol. The van der Waals surface area contributed by atoms with E-state index < -0.39 is 0 Å². The van der Waals surface area contributed by atoms with E-state index in [0.29, 0.717) is 6.04 Å². The summed E-state index contributed by atoms with van der Waals surface area (Å²) in [6.45, 7) is 3.09. The third-order valence-electron chi connectivity index (χ3n) is 3.53. The quantitative estimate of drug-likeness (QED) is 0.577. The van der Waals surface area contributed by atoms with Gasteiger partial charge in [-0.25, -0.2) is 0 Å². The van der Waals surface area contributed by atoms with Gasteiger partial charge in [-0.2, -0.15) is 0 Å². The van der Waals surface area contributed by atoms with Crippen molar-refractivity contribution in [3.05, 3.63) is 30.3 Å². The molecule has 0 bridgehead atoms. The molecule has 1 unspecified atom stereocenters. The normalized spacial score (nSPS) is 20.8. The SMILES string of the molecule is ClCC1CCCCN1CCCOc1ccccc1. The Bertz CT molecular complexity index is 331. The van der Waals surface area contributed by atoms with Gasteiger partial charge < -0.3 is 4.74 Å². The molecule has 3 heteroatoms. The third-order valence-corrected chi connectivity index (χ3v) is 3.89. The van der Waals surface area contributed by atoms with Crippen molar-refractivity contribution in [3.8, 4) is 5.75 Å². The monoisotopic (exact) mass is 267 g/mol. The lowest BCUT2D eigenvalue weighted by molar-refractivity contribution is 0.150. The topological polar surface area (TPSA) is 12.5 Å². The van der Waals surface area contributed by atoms with Crippen LogP contribution in [0.3, 0.4) is 0 Å². The van der Waals surface area contributed by atoms with Crippen LogP contribution in [0.1, 0.15) is 25.7 Å². The van der Waals surface area contributed by atoms with Crippen LogP contribution in [0.2, 0.25) is 0 Å².